The van der Waals surface area contributed by atoms with Gasteiger partial charge >= 0.3 is 0 Å². The Morgan fingerprint density at radius 1 is 0.326 bits per heavy atom. The molecule has 0 saturated heterocycles. The molecule has 0 heterocycles. The van der Waals surface area contributed by atoms with Crippen molar-refractivity contribution in [3.63, 3.8) is 0 Å². The molecule has 0 unspecified atom stereocenters. The van der Waals surface area contributed by atoms with Gasteiger partial charge in [0, 0.05) is 0 Å². The van der Waals surface area contributed by atoms with Gasteiger partial charge in [-0.15, -0.1) is 0 Å². The average molecular weight is 543 g/mol. The highest BCUT2D eigenvalue weighted by Gasteiger charge is 2.52. The van der Waals surface area contributed by atoms with Crippen LogP contribution >= 0.6 is 0 Å². The van der Waals surface area contributed by atoms with Gasteiger partial charge in [0.05, 0.1) is 5.41 Å². The van der Waals surface area contributed by atoms with Gasteiger partial charge in [0.15, 0.2) is 0 Å². The molecule has 0 heteroatoms. The Hall–Kier alpha value is -5.46. The Morgan fingerprint density at radius 2 is 0.860 bits per heavy atom. The van der Waals surface area contributed by atoms with Gasteiger partial charge in [-0.3, -0.25) is 0 Å². The Kier molecular flexibility index (Phi) is 4.47. The SMILES string of the molecule is c1ccc2c(c1)-c1ccc(-c3ccc(-c4c5ccccc5cc5ccccc45)cc3)cc1C21c2cccc3cccc1c23. The first-order valence-corrected chi connectivity index (χ1v) is 15.1. The van der Waals surface area contributed by atoms with E-state index in [1.54, 1.807) is 0 Å². The van der Waals surface area contributed by atoms with Gasteiger partial charge in [0.1, 0.15) is 0 Å². The van der Waals surface area contributed by atoms with E-state index in [0.717, 1.165) is 0 Å². The van der Waals surface area contributed by atoms with Gasteiger partial charge in [-0.2, -0.15) is 0 Å². The van der Waals surface area contributed by atoms with E-state index in [2.05, 4.69) is 158 Å². The van der Waals surface area contributed by atoms with Crippen LogP contribution in [0.3, 0.4) is 0 Å². The van der Waals surface area contributed by atoms with Crippen molar-refractivity contribution in [2.45, 2.75) is 5.41 Å². The number of hydrogen-bond acceptors (Lipinski definition) is 0. The summed E-state index contributed by atoms with van der Waals surface area (Å²) < 4.78 is 0. The summed E-state index contributed by atoms with van der Waals surface area (Å²) in [6.07, 6.45) is 0. The van der Waals surface area contributed by atoms with E-state index in [-0.39, 0.29) is 5.41 Å². The molecule has 0 N–H and O–H groups in total. The van der Waals surface area contributed by atoms with Crippen LogP contribution in [0.25, 0.3) is 65.7 Å². The normalized spacial score (nSPS) is 13.8. The Balaban J connectivity index is 1.15. The molecule has 0 nitrogen and oxygen atoms in total. The molecule has 0 saturated carbocycles. The maximum absolute atomic E-state index is 2.46. The van der Waals surface area contributed by atoms with Crippen LogP contribution in [0, 0.1) is 0 Å². The molecule has 198 valence electrons. The van der Waals surface area contributed by atoms with E-state index in [1.165, 1.54) is 88.0 Å². The monoisotopic (exact) mass is 542 g/mol. The number of fused-ring (bicyclic) bond motifs is 9. The minimum absolute atomic E-state index is 0.208. The Labute approximate surface area is 250 Å². The summed E-state index contributed by atoms with van der Waals surface area (Å²) >= 11 is 0. The van der Waals surface area contributed by atoms with Gasteiger partial charge in [0.2, 0.25) is 0 Å². The molecule has 0 bridgehead atoms. The highest BCUT2D eigenvalue weighted by Crippen LogP contribution is 2.63. The standard InChI is InChI=1S/C43H26/c1-3-13-33-31(9-1)25-32-10-2-4-14-34(32)41(33)29-21-19-27(20-22-29)30-23-24-36-35-15-5-6-16-37(35)43(40(36)26-30)38-17-7-11-28-12-8-18-39(43)42(28)38/h1-26H. The van der Waals surface area contributed by atoms with Crippen molar-refractivity contribution < 1.29 is 0 Å². The maximum atomic E-state index is 2.46. The third-order valence-electron chi connectivity index (χ3n) is 10.0. The van der Waals surface area contributed by atoms with Crippen molar-refractivity contribution in [1.29, 1.82) is 0 Å². The van der Waals surface area contributed by atoms with Crippen LogP contribution in [0.1, 0.15) is 22.3 Å². The highest BCUT2D eigenvalue weighted by atomic mass is 14.5. The minimum atomic E-state index is -0.208. The molecule has 0 amide bonds. The maximum Gasteiger partial charge on any atom is 0.0725 e. The van der Waals surface area contributed by atoms with Crippen molar-refractivity contribution in [3.05, 3.63) is 180 Å². The summed E-state index contributed by atoms with van der Waals surface area (Å²) in [7, 11) is 0. The summed E-state index contributed by atoms with van der Waals surface area (Å²) in [5.74, 6) is 0. The van der Waals surface area contributed by atoms with Crippen molar-refractivity contribution >= 4 is 32.3 Å². The largest absolute Gasteiger partial charge is 0.0725 e. The molecule has 8 aromatic rings. The highest BCUT2D eigenvalue weighted by molar-refractivity contribution is 6.12. The van der Waals surface area contributed by atoms with Crippen LogP contribution in [0.5, 0.6) is 0 Å². The molecule has 0 aliphatic heterocycles. The zero-order chi connectivity index (χ0) is 28.1. The number of benzene rings is 8. The van der Waals surface area contributed by atoms with E-state index in [1.807, 2.05) is 0 Å². The van der Waals surface area contributed by atoms with Crippen LogP contribution in [-0.4, -0.2) is 0 Å². The molecule has 1 spiro atoms. The zero-order valence-electron chi connectivity index (χ0n) is 23.5. The van der Waals surface area contributed by atoms with Crippen LogP contribution in [0.2, 0.25) is 0 Å². The lowest BCUT2D eigenvalue weighted by Crippen LogP contribution is -2.36. The molecule has 0 atom stereocenters. The Bertz CT molecular complexity index is 2350. The topological polar surface area (TPSA) is 0 Å². The van der Waals surface area contributed by atoms with Crippen LogP contribution < -0.4 is 0 Å². The fraction of sp³-hybridized carbons (Fsp3) is 0.0233. The second-order valence-electron chi connectivity index (χ2n) is 12.0. The van der Waals surface area contributed by atoms with Gasteiger partial charge in [-0.05, 0) is 100 Å². The lowest BCUT2D eigenvalue weighted by Gasteiger charge is -2.43. The first-order valence-electron chi connectivity index (χ1n) is 15.1. The van der Waals surface area contributed by atoms with Crippen molar-refractivity contribution in [2.75, 3.05) is 0 Å². The third-order valence-corrected chi connectivity index (χ3v) is 10.0. The lowest BCUT2D eigenvalue weighted by atomic mass is 9.58. The van der Waals surface area contributed by atoms with Crippen LogP contribution in [0.15, 0.2) is 158 Å². The molecule has 2 aliphatic rings. The number of rotatable bonds is 2. The molecule has 43 heavy (non-hydrogen) atoms. The van der Waals surface area contributed by atoms with Gasteiger partial charge in [-0.1, -0.05) is 146 Å². The van der Waals surface area contributed by atoms with E-state index >= 15 is 0 Å². The lowest BCUT2D eigenvalue weighted by molar-refractivity contribution is 0.745. The van der Waals surface area contributed by atoms with E-state index in [0.29, 0.717) is 0 Å². The van der Waals surface area contributed by atoms with Gasteiger partial charge < -0.3 is 0 Å². The molecule has 10 rings (SSSR count). The van der Waals surface area contributed by atoms with Crippen LogP contribution in [0.4, 0.5) is 0 Å². The molecule has 0 aromatic heterocycles. The van der Waals surface area contributed by atoms with Crippen LogP contribution in [-0.2, 0) is 5.41 Å². The van der Waals surface area contributed by atoms with Crippen molar-refractivity contribution in [1.82, 2.24) is 0 Å². The predicted molar refractivity (Wildman–Crippen MR) is 181 cm³/mol. The molecule has 0 fully saturated rings. The first kappa shape index (κ1) is 23.1. The van der Waals surface area contributed by atoms with Crippen molar-refractivity contribution in [3.8, 4) is 33.4 Å². The summed E-state index contributed by atoms with van der Waals surface area (Å²) in [5, 5.41) is 7.90. The Morgan fingerprint density at radius 3 is 1.58 bits per heavy atom. The van der Waals surface area contributed by atoms with Gasteiger partial charge in [-0.25, -0.2) is 0 Å². The molecule has 2 aliphatic carbocycles. The van der Waals surface area contributed by atoms with E-state index in [4.69, 9.17) is 0 Å². The van der Waals surface area contributed by atoms with Gasteiger partial charge in [0.25, 0.3) is 0 Å². The summed E-state index contributed by atoms with van der Waals surface area (Å²) in [4.78, 5) is 0. The predicted octanol–water partition coefficient (Wildman–Crippen LogP) is 11.2. The third kappa shape index (κ3) is 2.90. The zero-order valence-corrected chi connectivity index (χ0v) is 23.5. The van der Waals surface area contributed by atoms with Crippen molar-refractivity contribution in [2.24, 2.45) is 0 Å². The van der Waals surface area contributed by atoms with E-state index in [9.17, 15) is 0 Å². The van der Waals surface area contributed by atoms with E-state index < -0.39 is 0 Å². The summed E-state index contributed by atoms with van der Waals surface area (Å²) in [6, 6.07) is 58.8. The first-order chi connectivity index (χ1) is 21.3. The quantitative estimate of drug-likeness (QED) is 0.191. The number of hydrogen-bond donors (Lipinski definition) is 0. The second kappa shape index (κ2) is 8.31. The second-order valence-corrected chi connectivity index (χ2v) is 12.0. The molecular weight excluding hydrogens is 516 g/mol. The molecule has 0 radical (unpaired) electrons. The smallest absolute Gasteiger partial charge is 0.0619 e. The fourth-order valence-corrected chi connectivity index (χ4v) is 8.24. The fourth-order valence-electron chi connectivity index (χ4n) is 8.24. The molecular formula is C43H26. The average Bonchev–Trinajstić information content (AvgIpc) is 3.38. The summed E-state index contributed by atoms with van der Waals surface area (Å²) in [6.45, 7) is 0. The summed E-state index contributed by atoms with van der Waals surface area (Å²) in [5.41, 5.74) is 13.2. The minimum Gasteiger partial charge on any atom is -0.0619 e. The molecule has 8 aromatic carbocycles.